The van der Waals surface area contributed by atoms with Crippen LogP contribution in [-0.2, 0) is 6.42 Å². The van der Waals surface area contributed by atoms with Gasteiger partial charge in [-0.25, -0.2) is 4.79 Å². The predicted octanol–water partition coefficient (Wildman–Crippen LogP) is 2.79. The van der Waals surface area contributed by atoms with Gasteiger partial charge in [0.05, 0.1) is 6.26 Å². The number of nitrogens with one attached hydrogen (secondary N) is 1. The average molecular weight is 259 g/mol. The molecule has 0 aliphatic rings. The van der Waals surface area contributed by atoms with Crippen LogP contribution in [0.5, 0.6) is 0 Å². The van der Waals surface area contributed by atoms with Crippen LogP contribution < -0.4 is 5.32 Å². The van der Waals surface area contributed by atoms with Gasteiger partial charge in [-0.05, 0) is 30.2 Å². The highest BCUT2D eigenvalue weighted by Crippen LogP contribution is 2.15. The Kier molecular flexibility index (Phi) is 3.66. The molecule has 0 fully saturated rings. The minimum Gasteiger partial charge on any atom is -0.478 e. The molecule has 0 atom stereocenters. The zero-order valence-electron chi connectivity index (χ0n) is 10.3. The number of carbonyl (C=O) groups is 2. The van der Waals surface area contributed by atoms with E-state index in [4.69, 9.17) is 9.52 Å². The van der Waals surface area contributed by atoms with Gasteiger partial charge in [-0.1, -0.05) is 19.1 Å². The Morgan fingerprint density at radius 1 is 1.32 bits per heavy atom. The first-order chi connectivity index (χ1) is 9.11. The van der Waals surface area contributed by atoms with E-state index in [9.17, 15) is 9.59 Å². The van der Waals surface area contributed by atoms with Crippen molar-refractivity contribution in [2.45, 2.75) is 13.3 Å². The Balaban J connectivity index is 2.20. The molecule has 0 spiro atoms. The van der Waals surface area contributed by atoms with Crippen molar-refractivity contribution in [2.24, 2.45) is 0 Å². The molecule has 2 aromatic rings. The topological polar surface area (TPSA) is 79.5 Å². The van der Waals surface area contributed by atoms with Gasteiger partial charge in [0.25, 0.3) is 5.91 Å². The zero-order valence-corrected chi connectivity index (χ0v) is 10.3. The van der Waals surface area contributed by atoms with Crippen molar-refractivity contribution in [3.05, 3.63) is 53.5 Å². The van der Waals surface area contributed by atoms with Crippen LogP contribution in [0.25, 0.3) is 0 Å². The third kappa shape index (κ3) is 2.82. The molecule has 0 saturated heterocycles. The molecule has 1 aromatic carbocycles. The Morgan fingerprint density at radius 2 is 2.11 bits per heavy atom. The first kappa shape index (κ1) is 12.9. The van der Waals surface area contributed by atoms with Crippen molar-refractivity contribution >= 4 is 17.6 Å². The van der Waals surface area contributed by atoms with E-state index in [0.29, 0.717) is 5.69 Å². The van der Waals surface area contributed by atoms with E-state index in [1.54, 1.807) is 6.07 Å². The Labute approximate surface area is 109 Å². The van der Waals surface area contributed by atoms with Gasteiger partial charge in [-0.3, -0.25) is 4.79 Å². The SMILES string of the molecule is CCc1cccc(NC(=O)c2occc2C(=O)O)c1. The molecule has 0 aliphatic heterocycles. The number of amides is 1. The van der Waals surface area contributed by atoms with Gasteiger partial charge in [-0.2, -0.15) is 0 Å². The van der Waals surface area contributed by atoms with E-state index >= 15 is 0 Å². The summed E-state index contributed by atoms with van der Waals surface area (Å²) in [6.07, 6.45) is 2.03. The van der Waals surface area contributed by atoms with E-state index in [1.807, 2.05) is 25.1 Å². The third-order valence-electron chi connectivity index (χ3n) is 2.69. The molecule has 2 N–H and O–H groups in total. The van der Waals surface area contributed by atoms with Crippen LogP contribution in [0, 0.1) is 0 Å². The van der Waals surface area contributed by atoms with Crippen LogP contribution in [0.15, 0.2) is 41.0 Å². The molecule has 19 heavy (non-hydrogen) atoms. The lowest BCUT2D eigenvalue weighted by Gasteiger charge is -2.05. The molecule has 0 bridgehead atoms. The molecule has 5 heteroatoms. The maximum absolute atomic E-state index is 11.9. The van der Waals surface area contributed by atoms with Gasteiger partial charge in [0, 0.05) is 5.69 Å². The first-order valence-corrected chi connectivity index (χ1v) is 5.83. The van der Waals surface area contributed by atoms with Crippen LogP contribution in [-0.4, -0.2) is 17.0 Å². The summed E-state index contributed by atoms with van der Waals surface area (Å²) in [7, 11) is 0. The molecule has 98 valence electrons. The van der Waals surface area contributed by atoms with Crippen LogP contribution in [0.1, 0.15) is 33.4 Å². The van der Waals surface area contributed by atoms with Crippen molar-refractivity contribution < 1.29 is 19.1 Å². The molecular weight excluding hydrogens is 246 g/mol. The molecule has 0 unspecified atom stereocenters. The molecule has 1 amide bonds. The second-order valence-electron chi connectivity index (χ2n) is 3.98. The second kappa shape index (κ2) is 5.39. The molecule has 0 radical (unpaired) electrons. The minimum atomic E-state index is -1.19. The smallest absolute Gasteiger partial charge is 0.339 e. The van der Waals surface area contributed by atoms with Gasteiger partial charge in [0.15, 0.2) is 0 Å². The summed E-state index contributed by atoms with van der Waals surface area (Å²) in [4.78, 5) is 22.8. The van der Waals surface area contributed by atoms with Crippen molar-refractivity contribution in [1.29, 1.82) is 0 Å². The molecule has 0 aliphatic carbocycles. The minimum absolute atomic E-state index is 0.149. The van der Waals surface area contributed by atoms with Crippen molar-refractivity contribution in [3.63, 3.8) is 0 Å². The van der Waals surface area contributed by atoms with E-state index in [-0.39, 0.29) is 11.3 Å². The number of aryl methyl sites for hydroxylation is 1. The first-order valence-electron chi connectivity index (χ1n) is 5.83. The molecule has 0 saturated carbocycles. The summed E-state index contributed by atoms with van der Waals surface area (Å²) in [5.74, 6) is -1.97. The number of benzene rings is 1. The van der Waals surface area contributed by atoms with E-state index in [0.717, 1.165) is 12.0 Å². The number of anilines is 1. The van der Waals surface area contributed by atoms with Gasteiger partial charge in [0.1, 0.15) is 5.56 Å². The highest BCUT2D eigenvalue weighted by atomic mass is 16.4. The maximum Gasteiger partial charge on any atom is 0.339 e. The van der Waals surface area contributed by atoms with Gasteiger partial charge < -0.3 is 14.8 Å². The quantitative estimate of drug-likeness (QED) is 0.884. The number of rotatable bonds is 4. The van der Waals surface area contributed by atoms with Crippen LogP contribution in [0.2, 0.25) is 0 Å². The molecule has 2 rings (SSSR count). The average Bonchev–Trinajstić information content (AvgIpc) is 2.88. The lowest BCUT2D eigenvalue weighted by molar-refractivity contribution is 0.0690. The summed E-state index contributed by atoms with van der Waals surface area (Å²) < 4.78 is 4.92. The van der Waals surface area contributed by atoms with Gasteiger partial charge in [-0.15, -0.1) is 0 Å². The number of carbonyl (C=O) groups excluding carboxylic acids is 1. The fourth-order valence-electron chi connectivity index (χ4n) is 1.71. The number of aromatic carboxylic acids is 1. The second-order valence-corrected chi connectivity index (χ2v) is 3.98. The van der Waals surface area contributed by atoms with E-state index in [2.05, 4.69) is 5.32 Å². The van der Waals surface area contributed by atoms with E-state index < -0.39 is 11.9 Å². The standard InChI is InChI=1S/C14H13NO4/c1-2-9-4-3-5-10(8-9)15-13(16)12-11(14(17)18)6-7-19-12/h3-8H,2H2,1H3,(H,15,16)(H,17,18). The van der Waals surface area contributed by atoms with Crippen molar-refractivity contribution in [1.82, 2.24) is 0 Å². The van der Waals surface area contributed by atoms with Gasteiger partial charge in [0.2, 0.25) is 5.76 Å². The number of carboxylic acids is 1. The maximum atomic E-state index is 11.9. The van der Waals surface area contributed by atoms with Crippen LogP contribution in [0.3, 0.4) is 0 Å². The molecule has 5 nitrogen and oxygen atoms in total. The Bertz CT molecular complexity index is 615. The highest BCUT2D eigenvalue weighted by molar-refractivity contribution is 6.08. The summed E-state index contributed by atoms with van der Waals surface area (Å²) >= 11 is 0. The predicted molar refractivity (Wildman–Crippen MR) is 69.4 cm³/mol. The molecular formula is C14H13NO4. The zero-order chi connectivity index (χ0) is 13.8. The largest absolute Gasteiger partial charge is 0.478 e. The summed E-state index contributed by atoms with van der Waals surface area (Å²) in [6.45, 7) is 2.01. The molecule has 1 heterocycles. The monoisotopic (exact) mass is 259 g/mol. The fraction of sp³-hybridized carbons (Fsp3) is 0.143. The van der Waals surface area contributed by atoms with Crippen molar-refractivity contribution in [3.8, 4) is 0 Å². The lowest BCUT2D eigenvalue weighted by Crippen LogP contribution is -2.14. The summed E-state index contributed by atoms with van der Waals surface area (Å²) in [5.41, 5.74) is 1.54. The number of hydrogen-bond acceptors (Lipinski definition) is 3. The fourth-order valence-corrected chi connectivity index (χ4v) is 1.71. The Hall–Kier alpha value is -2.56. The number of furan rings is 1. The third-order valence-corrected chi connectivity index (χ3v) is 2.69. The highest BCUT2D eigenvalue weighted by Gasteiger charge is 2.20. The number of carboxylic acid groups (broad SMARTS) is 1. The lowest BCUT2D eigenvalue weighted by atomic mass is 10.1. The van der Waals surface area contributed by atoms with E-state index in [1.165, 1.54) is 12.3 Å². The van der Waals surface area contributed by atoms with Crippen LogP contribution >= 0.6 is 0 Å². The van der Waals surface area contributed by atoms with Crippen LogP contribution in [0.4, 0.5) is 5.69 Å². The summed E-state index contributed by atoms with van der Waals surface area (Å²) in [5, 5.41) is 11.5. The Morgan fingerprint density at radius 3 is 2.79 bits per heavy atom. The van der Waals surface area contributed by atoms with Gasteiger partial charge >= 0.3 is 5.97 Å². The number of hydrogen-bond donors (Lipinski definition) is 2. The van der Waals surface area contributed by atoms with Crippen molar-refractivity contribution in [2.75, 3.05) is 5.32 Å². The molecule has 1 aromatic heterocycles. The summed E-state index contributed by atoms with van der Waals surface area (Å²) in [6, 6.07) is 8.60. The normalized spacial score (nSPS) is 10.2.